The van der Waals surface area contributed by atoms with E-state index in [2.05, 4.69) is 14.9 Å². The summed E-state index contributed by atoms with van der Waals surface area (Å²) in [5.74, 6) is -0.600. The van der Waals surface area contributed by atoms with E-state index in [1.807, 2.05) is 38.1 Å². The molecule has 0 spiro atoms. The Kier molecular flexibility index (Phi) is 7.23. The smallest absolute Gasteiger partial charge is 0.240 e. The van der Waals surface area contributed by atoms with Gasteiger partial charge >= 0.3 is 0 Å². The van der Waals surface area contributed by atoms with Crippen LogP contribution in [0.3, 0.4) is 0 Å². The highest BCUT2D eigenvalue weighted by molar-refractivity contribution is 7.89. The lowest BCUT2D eigenvalue weighted by Crippen LogP contribution is -2.28. The van der Waals surface area contributed by atoms with E-state index >= 15 is 0 Å². The maximum absolute atomic E-state index is 12.8. The largest absolute Gasteiger partial charge is 0.372 e. The topological polar surface area (TPSA) is 98.8 Å². The van der Waals surface area contributed by atoms with E-state index in [4.69, 9.17) is 0 Å². The summed E-state index contributed by atoms with van der Waals surface area (Å²) in [6, 6.07) is 14.0. The van der Waals surface area contributed by atoms with Gasteiger partial charge in [-0.25, -0.2) is 13.1 Å². The lowest BCUT2D eigenvalue weighted by Gasteiger charge is -2.20. The first-order chi connectivity index (χ1) is 16.2. The zero-order valence-electron chi connectivity index (χ0n) is 19.7. The number of amides is 2. The van der Waals surface area contributed by atoms with Crippen molar-refractivity contribution in [2.45, 2.75) is 38.0 Å². The number of hydrogen-bond donors (Lipinski definition) is 2. The zero-order chi connectivity index (χ0) is 24.3. The van der Waals surface area contributed by atoms with Gasteiger partial charge in [0.25, 0.3) is 0 Å². The summed E-state index contributed by atoms with van der Waals surface area (Å²) in [5.41, 5.74) is 2.45. The second-order valence-electron chi connectivity index (χ2n) is 9.38. The summed E-state index contributed by atoms with van der Waals surface area (Å²) in [6.45, 7) is 6.66. The maximum Gasteiger partial charge on any atom is 0.240 e. The van der Waals surface area contributed by atoms with Crippen LogP contribution >= 0.6 is 0 Å². The first kappa shape index (κ1) is 24.2. The van der Waals surface area contributed by atoms with Crippen LogP contribution in [0.2, 0.25) is 0 Å². The van der Waals surface area contributed by atoms with E-state index in [0.29, 0.717) is 18.8 Å². The molecule has 2 N–H and O–H groups in total. The van der Waals surface area contributed by atoms with Crippen molar-refractivity contribution in [3.05, 3.63) is 48.5 Å². The molecule has 2 amide bonds. The number of hydrogen-bond acceptors (Lipinski definition) is 5. The van der Waals surface area contributed by atoms with E-state index in [1.165, 1.54) is 25.0 Å². The third-order valence-corrected chi connectivity index (χ3v) is 7.68. The van der Waals surface area contributed by atoms with Gasteiger partial charge in [0, 0.05) is 49.7 Å². The number of anilines is 3. The molecule has 2 aliphatic rings. The summed E-state index contributed by atoms with van der Waals surface area (Å²) < 4.78 is 27.2. The average Bonchev–Trinajstić information content (AvgIpc) is 3.49. The van der Waals surface area contributed by atoms with E-state index in [-0.39, 0.29) is 29.0 Å². The van der Waals surface area contributed by atoms with Gasteiger partial charge in [0.15, 0.2) is 0 Å². The molecule has 34 heavy (non-hydrogen) atoms. The van der Waals surface area contributed by atoms with Crippen molar-refractivity contribution in [2.24, 2.45) is 11.8 Å². The van der Waals surface area contributed by atoms with E-state index in [0.717, 1.165) is 24.5 Å². The first-order valence-electron chi connectivity index (χ1n) is 11.8. The quantitative estimate of drug-likeness (QED) is 0.600. The molecule has 9 heteroatoms. The van der Waals surface area contributed by atoms with Crippen molar-refractivity contribution in [3.63, 3.8) is 0 Å². The van der Waals surface area contributed by atoms with Crippen molar-refractivity contribution in [3.8, 4) is 0 Å². The van der Waals surface area contributed by atoms with Crippen molar-refractivity contribution >= 4 is 38.9 Å². The lowest BCUT2D eigenvalue weighted by molar-refractivity contribution is -0.122. The minimum absolute atomic E-state index is 0.0771. The Morgan fingerprint density at radius 2 is 1.62 bits per heavy atom. The normalized spacial score (nSPS) is 18.7. The summed E-state index contributed by atoms with van der Waals surface area (Å²) in [5, 5.41) is 2.81. The van der Waals surface area contributed by atoms with Gasteiger partial charge in [0.05, 0.1) is 10.8 Å². The van der Waals surface area contributed by atoms with Crippen LogP contribution in [-0.4, -0.2) is 46.4 Å². The molecule has 0 aliphatic carbocycles. The van der Waals surface area contributed by atoms with Crippen LogP contribution in [0.4, 0.5) is 17.1 Å². The first-order valence-corrected chi connectivity index (χ1v) is 13.3. The average molecular weight is 485 g/mol. The fourth-order valence-electron chi connectivity index (χ4n) is 4.27. The fourth-order valence-corrected chi connectivity index (χ4v) is 5.49. The molecule has 0 saturated carbocycles. The second-order valence-corrected chi connectivity index (χ2v) is 11.1. The summed E-state index contributed by atoms with van der Waals surface area (Å²) in [4.78, 5) is 29.5. The summed E-state index contributed by atoms with van der Waals surface area (Å²) in [7, 11) is -3.59. The van der Waals surface area contributed by atoms with Crippen LogP contribution in [0.5, 0.6) is 0 Å². The van der Waals surface area contributed by atoms with Crippen LogP contribution in [0, 0.1) is 11.8 Å². The van der Waals surface area contributed by atoms with Crippen LogP contribution in [0.15, 0.2) is 53.4 Å². The van der Waals surface area contributed by atoms with Crippen molar-refractivity contribution < 1.29 is 18.0 Å². The van der Waals surface area contributed by atoms with Gasteiger partial charge in [-0.3, -0.25) is 9.59 Å². The Balaban J connectivity index is 1.35. The molecule has 1 unspecified atom stereocenters. The third-order valence-electron chi connectivity index (χ3n) is 6.24. The van der Waals surface area contributed by atoms with Crippen LogP contribution in [-0.2, 0) is 19.6 Å². The molecular weight excluding hydrogens is 452 g/mol. The van der Waals surface area contributed by atoms with Gasteiger partial charge < -0.3 is 15.1 Å². The SMILES string of the molecule is CC(C)CNS(=O)(=O)c1ccc(NC(=O)C2CC(=O)N(c3ccc(N4CCCC4)cc3)C2)cc1. The number of sulfonamides is 1. The van der Waals surface area contributed by atoms with Gasteiger partial charge in [0.2, 0.25) is 21.8 Å². The molecule has 0 bridgehead atoms. The van der Waals surface area contributed by atoms with Crippen LogP contribution in [0.1, 0.15) is 33.1 Å². The number of rotatable bonds is 8. The molecule has 0 aromatic heterocycles. The molecule has 2 saturated heterocycles. The van der Waals surface area contributed by atoms with Crippen molar-refractivity contribution in [2.75, 3.05) is 41.3 Å². The van der Waals surface area contributed by atoms with E-state index in [9.17, 15) is 18.0 Å². The van der Waals surface area contributed by atoms with Crippen molar-refractivity contribution in [1.82, 2.24) is 4.72 Å². The van der Waals surface area contributed by atoms with Crippen LogP contribution in [0.25, 0.3) is 0 Å². The third kappa shape index (κ3) is 5.59. The molecule has 0 radical (unpaired) electrons. The highest BCUT2D eigenvalue weighted by atomic mass is 32.2. The Morgan fingerprint density at radius 3 is 2.24 bits per heavy atom. The lowest BCUT2D eigenvalue weighted by atomic mass is 10.1. The standard InChI is InChI=1S/C25H32N4O4S/c1-18(2)16-26-34(32,33)23-11-5-20(6-12-23)27-25(31)19-15-24(30)29(17-19)22-9-7-21(8-10-22)28-13-3-4-14-28/h5-12,18-19,26H,3-4,13-17H2,1-2H3,(H,27,31). The number of carbonyl (C=O) groups excluding carboxylic acids is 2. The number of benzene rings is 2. The minimum atomic E-state index is -3.59. The molecule has 4 rings (SSSR count). The maximum atomic E-state index is 12.8. The Morgan fingerprint density at radius 1 is 1.00 bits per heavy atom. The number of nitrogens with zero attached hydrogens (tertiary/aromatic N) is 2. The van der Waals surface area contributed by atoms with Gasteiger partial charge in [-0.15, -0.1) is 0 Å². The molecule has 2 aliphatic heterocycles. The molecular formula is C25H32N4O4S. The zero-order valence-corrected chi connectivity index (χ0v) is 20.5. The molecule has 2 heterocycles. The highest BCUT2D eigenvalue weighted by Crippen LogP contribution is 2.29. The second kappa shape index (κ2) is 10.1. The van der Waals surface area contributed by atoms with E-state index < -0.39 is 15.9 Å². The van der Waals surface area contributed by atoms with E-state index in [1.54, 1.807) is 17.0 Å². The summed E-state index contributed by atoms with van der Waals surface area (Å²) >= 11 is 0. The van der Waals surface area contributed by atoms with Crippen molar-refractivity contribution in [1.29, 1.82) is 0 Å². The molecule has 2 aromatic carbocycles. The molecule has 2 fully saturated rings. The molecule has 8 nitrogen and oxygen atoms in total. The Hall–Kier alpha value is -2.91. The number of carbonyl (C=O) groups is 2. The summed E-state index contributed by atoms with van der Waals surface area (Å²) in [6.07, 6.45) is 2.55. The predicted octanol–water partition coefficient (Wildman–Crippen LogP) is 3.21. The molecule has 1 atom stereocenters. The minimum Gasteiger partial charge on any atom is -0.372 e. The van der Waals surface area contributed by atoms with Gasteiger partial charge in [-0.05, 0) is 67.3 Å². The predicted molar refractivity (Wildman–Crippen MR) is 133 cm³/mol. The van der Waals surface area contributed by atoms with Gasteiger partial charge in [-0.1, -0.05) is 13.8 Å². The highest BCUT2D eigenvalue weighted by Gasteiger charge is 2.35. The van der Waals surface area contributed by atoms with Gasteiger partial charge in [-0.2, -0.15) is 0 Å². The Labute approximate surface area is 201 Å². The monoisotopic (exact) mass is 484 g/mol. The van der Waals surface area contributed by atoms with Gasteiger partial charge in [0.1, 0.15) is 0 Å². The molecule has 2 aromatic rings. The molecule has 182 valence electrons. The number of nitrogens with one attached hydrogen (secondary N) is 2. The Bertz CT molecular complexity index is 1120. The fraction of sp³-hybridized carbons (Fsp3) is 0.440. The van der Waals surface area contributed by atoms with Crippen LogP contribution < -0.4 is 19.8 Å².